The number of rotatable bonds is 9. The molecule has 0 saturated carbocycles. The first-order valence-electron chi connectivity index (χ1n) is 8.79. The van der Waals surface area contributed by atoms with Gasteiger partial charge in [-0.15, -0.1) is 0 Å². The fraction of sp³-hybridized carbons (Fsp3) is 0.333. The molecule has 1 heterocycles. The average Bonchev–Trinajstić information content (AvgIpc) is 3.05. The van der Waals surface area contributed by atoms with Gasteiger partial charge in [-0.3, -0.25) is 0 Å². The second kappa shape index (κ2) is 8.70. The summed E-state index contributed by atoms with van der Waals surface area (Å²) in [5, 5.41) is 1.10. The van der Waals surface area contributed by atoms with Crippen molar-refractivity contribution in [3.8, 4) is 5.75 Å². The van der Waals surface area contributed by atoms with Crippen LogP contribution in [0.4, 0.5) is 0 Å². The van der Waals surface area contributed by atoms with Gasteiger partial charge in [-0.25, -0.2) is 0 Å². The van der Waals surface area contributed by atoms with Gasteiger partial charge < -0.3 is 18.8 Å². The highest BCUT2D eigenvalue weighted by atomic mass is 16.7. The molecule has 0 unspecified atom stereocenters. The molecule has 0 aliphatic rings. The zero-order valence-electron chi connectivity index (χ0n) is 14.9. The summed E-state index contributed by atoms with van der Waals surface area (Å²) in [4.78, 5) is 0. The summed E-state index contributed by atoms with van der Waals surface area (Å²) in [5.74, 6) is 0.893. The van der Waals surface area contributed by atoms with E-state index in [0.717, 1.165) is 22.2 Å². The van der Waals surface area contributed by atoms with Crippen molar-refractivity contribution in [2.24, 2.45) is 0 Å². The molecule has 3 aromatic rings. The van der Waals surface area contributed by atoms with Crippen molar-refractivity contribution in [1.29, 1.82) is 0 Å². The first-order valence-corrected chi connectivity index (χ1v) is 8.79. The van der Waals surface area contributed by atoms with E-state index in [1.54, 1.807) is 0 Å². The molecular formula is C21H25NO3. The number of nitrogens with zero attached hydrogens (tertiary/aromatic N) is 1. The second-order valence-corrected chi connectivity index (χ2v) is 5.77. The number of benzene rings is 2. The van der Waals surface area contributed by atoms with Crippen LogP contribution in [0.1, 0.15) is 19.4 Å². The first kappa shape index (κ1) is 17.5. The van der Waals surface area contributed by atoms with Gasteiger partial charge in [-0.2, -0.15) is 0 Å². The van der Waals surface area contributed by atoms with E-state index in [4.69, 9.17) is 14.2 Å². The Balaban J connectivity index is 1.77. The normalized spacial score (nSPS) is 11.3. The molecule has 0 radical (unpaired) electrons. The van der Waals surface area contributed by atoms with Gasteiger partial charge in [0.1, 0.15) is 12.4 Å². The molecule has 0 atom stereocenters. The molecule has 0 bridgehead atoms. The highest BCUT2D eigenvalue weighted by molar-refractivity contribution is 5.86. The Hall–Kier alpha value is -2.30. The Labute approximate surface area is 148 Å². The fourth-order valence-corrected chi connectivity index (χ4v) is 2.90. The monoisotopic (exact) mass is 339 g/mol. The minimum Gasteiger partial charge on any atom is -0.488 e. The van der Waals surface area contributed by atoms with Crippen LogP contribution in [0.25, 0.3) is 10.9 Å². The van der Waals surface area contributed by atoms with E-state index < -0.39 is 0 Å². The molecule has 0 fully saturated rings. The van der Waals surface area contributed by atoms with E-state index in [9.17, 15) is 0 Å². The lowest BCUT2D eigenvalue weighted by Gasteiger charge is -2.18. The van der Waals surface area contributed by atoms with Gasteiger partial charge in [0.05, 0.1) is 12.1 Å². The minimum absolute atomic E-state index is 0.237. The predicted molar refractivity (Wildman–Crippen MR) is 99.8 cm³/mol. The van der Waals surface area contributed by atoms with Gasteiger partial charge in [0.15, 0.2) is 6.29 Å². The van der Waals surface area contributed by atoms with Crippen LogP contribution < -0.4 is 4.74 Å². The van der Waals surface area contributed by atoms with Crippen LogP contribution >= 0.6 is 0 Å². The lowest BCUT2D eigenvalue weighted by Crippen LogP contribution is -2.23. The summed E-state index contributed by atoms with van der Waals surface area (Å²) < 4.78 is 19.5. The maximum atomic E-state index is 6.04. The maximum absolute atomic E-state index is 6.04. The van der Waals surface area contributed by atoms with Crippen molar-refractivity contribution in [2.45, 2.75) is 33.3 Å². The van der Waals surface area contributed by atoms with Gasteiger partial charge in [0.2, 0.25) is 0 Å². The Morgan fingerprint density at radius 1 is 0.880 bits per heavy atom. The number of hydrogen-bond donors (Lipinski definition) is 0. The van der Waals surface area contributed by atoms with E-state index in [-0.39, 0.29) is 6.29 Å². The molecule has 132 valence electrons. The number of ether oxygens (including phenoxy) is 3. The molecule has 4 heteroatoms. The largest absolute Gasteiger partial charge is 0.488 e. The standard InChI is InChI=1S/C21H25NO3/c1-3-23-21(24-4-2)15-22-14-13-18-19(22)11-8-12-20(18)25-16-17-9-6-5-7-10-17/h5-14,21H,3-4,15-16H2,1-2H3. The summed E-state index contributed by atoms with van der Waals surface area (Å²) in [6.45, 7) is 6.45. The van der Waals surface area contributed by atoms with Crippen molar-refractivity contribution in [3.05, 3.63) is 66.4 Å². The van der Waals surface area contributed by atoms with Crippen molar-refractivity contribution in [2.75, 3.05) is 13.2 Å². The Morgan fingerprint density at radius 3 is 2.36 bits per heavy atom. The second-order valence-electron chi connectivity index (χ2n) is 5.77. The van der Waals surface area contributed by atoms with Crippen LogP contribution in [0.5, 0.6) is 5.75 Å². The molecule has 1 aromatic heterocycles. The third-order valence-electron chi connectivity index (χ3n) is 4.06. The van der Waals surface area contributed by atoms with E-state index in [1.807, 2.05) is 44.2 Å². The molecule has 25 heavy (non-hydrogen) atoms. The van der Waals surface area contributed by atoms with E-state index in [0.29, 0.717) is 26.4 Å². The van der Waals surface area contributed by atoms with Crippen LogP contribution in [0.3, 0.4) is 0 Å². The molecule has 0 N–H and O–H groups in total. The van der Waals surface area contributed by atoms with E-state index >= 15 is 0 Å². The van der Waals surface area contributed by atoms with Gasteiger partial charge in [0.25, 0.3) is 0 Å². The van der Waals surface area contributed by atoms with Gasteiger partial charge >= 0.3 is 0 Å². The smallest absolute Gasteiger partial charge is 0.175 e. The molecule has 4 nitrogen and oxygen atoms in total. The Kier molecular flexibility index (Phi) is 6.09. The molecule has 2 aromatic carbocycles. The SMILES string of the molecule is CCOC(Cn1ccc2c(OCc3ccccc3)cccc21)OCC. The maximum Gasteiger partial charge on any atom is 0.175 e. The fourth-order valence-electron chi connectivity index (χ4n) is 2.90. The molecule has 0 aliphatic carbocycles. The molecule has 3 rings (SSSR count). The lowest BCUT2D eigenvalue weighted by atomic mass is 10.2. The average molecular weight is 339 g/mol. The van der Waals surface area contributed by atoms with Crippen molar-refractivity contribution in [1.82, 2.24) is 4.57 Å². The highest BCUT2D eigenvalue weighted by Crippen LogP contribution is 2.27. The molecular weight excluding hydrogens is 314 g/mol. The van der Waals surface area contributed by atoms with Gasteiger partial charge in [0, 0.05) is 24.8 Å². The third-order valence-corrected chi connectivity index (χ3v) is 4.06. The van der Waals surface area contributed by atoms with Crippen LogP contribution in [-0.2, 0) is 22.6 Å². The first-order chi connectivity index (χ1) is 12.3. The Bertz CT molecular complexity index is 776. The summed E-state index contributed by atoms with van der Waals surface area (Å²) in [6.07, 6.45) is 1.82. The Morgan fingerprint density at radius 2 is 1.64 bits per heavy atom. The highest BCUT2D eigenvalue weighted by Gasteiger charge is 2.12. The molecule has 0 saturated heterocycles. The van der Waals surface area contributed by atoms with E-state index in [2.05, 4.69) is 35.0 Å². The zero-order chi connectivity index (χ0) is 17.5. The van der Waals surface area contributed by atoms with Crippen LogP contribution in [-0.4, -0.2) is 24.1 Å². The van der Waals surface area contributed by atoms with Crippen molar-refractivity contribution < 1.29 is 14.2 Å². The number of fused-ring (bicyclic) bond motifs is 1. The lowest BCUT2D eigenvalue weighted by molar-refractivity contribution is -0.143. The third kappa shape index (κ3) is 4.41. The molecule has 0 spiro atoms. The summed E-state index contributed by atoms with van der Waals surface area (Å²) in [6, 6.07) is 18.4. The van der Waals surface area contributed by atoms with Crippen LogP contribution in [0.15, 0.2) is 60.8 Å². The van der Waals surface area contributed by atoms with Crippen molar-refractivity contribution >= 4 is 10.9 Å². The molecule has 0 amide bonds. The van der Waals surface area contributed by atoms with Crippen LogP contribution in [0, 0.1) is 0 Å². The number of hydrogen-bond acceptors (Lipinski definition) is 3. The zero-order valence-corrected chi connectivity index (χ0v) is 14.9. The summed E-state index contributed by atoms with van der Waals surface area (Å²) in [5.41, 5.74) is 2.28. The van der Waals surface area contributed by atoms with E-state index in [1.165, 1.54) is 0 Å². The predicted octanol–water partition coefficient (Wildman–Crippen LogP) is 4.62. The minimum atomic E-state index is -0.237. The van der Waals surface area contributed by atoms with Crippen molar-refractivity contribution in [3.63, 3.8) is 0 Å². The summed E-state index contributed by atoms with van der Waals surface area (Å²) >= 11 is 0. The number of aromatic nitrogens is 1. The topological polar surface area (TPSA) is 32.6 Å². The summed E-state index contributed by atoms with van der Waals surface area (Å²) in [7, 11) is 0. The quantitative estimate of drug-likeness (QED) is 0.533. The van der Waals surface area contributed by atoms with Crippen LogP contribution in [0.2, 0.25) is 0 Å². The molecule has 0 aliphatic heterocycles. The van der Waals surface area contributed by atoms with Gasteiger partial charge in [-0.05, 0) is 37.6 Å². The van der Waals surface area contributed by atoms with Gasteiger partial charge in [-0.1, -0.05) is 36.4 Å².